The molecule has 0 radical (unpaired) electrons. The second kappa shape index (κ2) is 9.35. The number of nitrogens with zero attached hydrogens (tertiary/aromatic N) is 5. The molecular weight excluding hydrogens is 460 g/mol. The predicted molar refractivity (Wildman–Crippen MR) is 129 cm³/mol. The van der Waals surface area contributed by atoms with Gasteiger partial charge < -0.3 is 10.1 Å². The first-order valence-corrected chi connectivity index (χ1v) is 11.1. The van der Waals surface area contributed by atoms with Gasteiger partial charge in [0.1, 0.15) is 0 Å². The quantitative estimate of drug-likeness (QED) is 0.176. The van der Waals surface area contributed by atoms with E-state index in [1.54, 1.807) is 35.6 Å². The number of ether oxygens (including phenoxy) is 1. The molecular formula is C22H20N6O5S. The zero-order chi connectivity index (χ0) is 24.4. The summed E-state index contributed by atoms with van der Waals surface area (Å²) < 4.78 is 8.28. The molecule has 4 aromatic rings. The van der Waals surface area contributed by atoms with Gasteiger partial charge in [0.05, 0.1) is 28.7 Å². The van der Waals surface area contributed by atoms with Gasteiger partial charge in [-0.1, -0.05) is 30.0 Å². The van der Waals surface area contributed by atoms with Gasteiger partial charge >= 0.3 is 5.69 Å². The van der Waals surface area contributed by atoms with Crippen LogP contribution in [0.15, 0.2) is 59.0 Å². The number of anilines is 1. The molecule has 12 heteroatoms. The number of thioether (sulfide) groups is 1. The lowest BCUT2D eigenvalue weighted by molar-refractivity contribution is -0.385. The minimum atomic E-state index is -0.542. The summed E-state index contributed by atoms with van der Waals surface area (Å²) in [7, 11) is 1.33. The number of amides is 1. The van der Waals surface area contributed by atoms with Gasteiger partial charge in [0, 0.05) is 24.4 Å². The number of allylic oxidation sites excluding steroid dienone is 1. The van der Waals surface area contributed by atoms with Crippen LogP contribution in [-0.4, -0.2) is 42.9 Å². The maximum Gasteiger partial charge on any atom is 0.311 e. The Hall–Kier alpha value is -4.19. The van der Waals surface area contributed by atoms with Gasteiger partial charge in [0.25, 0.3) is 5.56 Å². The number of hydrogen-bond acceptors (Lipinski definition) is 8. The number of aryl methyl sites for hydroxylation is 1. The summed E-state index contributed by atoms with van der Waals surface area (Å²) in [6.45, 7) is 5.62. The van der Waals surface area contributed by atoms with Gasteiger partial charge in [-0.15, -0.1) is 16.8 Å². The number of methoxy groups -OCH3 is 1. The summed E-state index contributed by atoms with van der Waals surface area (Å²) in [5.41, 5.74) is 1.18. The van der Waals surface area contributed by atoms with Crippen molar-refractivity contribution in [3.05, 3.63) is 75.1 Å². The Morgan fingerprint density at radius 3 is 2.79 bits per heavy atom. The minimum absolute atomic E-state index is 0.00551. The topological polar surface area (TPSA) is 134 Å². The molecule has 0 unspecified atom stereocenters. The van der Waals surface area contributed by atoms with E-state index in [4.69, 9.17) is 4.74 Å². The summed E-state index contributed by atoms with van der Waals surface area (Å²) in [6.07, 6.45) is 1.60. The van der Waals surface area contributed by atoms with Gasteiger partial charge in [-0.2, -0.15) is 0 Å². The highest BCUT2D eigenvalue weighted by Gasteiger charge is 2.20. The van der Waals surface area contributed by atoms with Gasteiger partial charge in [-0.05, 0) is 24.6 Å². The van der Waals surface area contributed by atoms with Crippen LogP contribution in [0, 0.1) is 17.0 Å². The smallest absolute Gasteiger partial charge is 0.311 e. The molecule has 0 atom stereocenters. The lowest BCUT2D eigenvalue weighted by Crippen LogP contribution is -2.22. The molecule has 1 amide bonds. The fourth-order valence-corrected chi connectivity index (χ4v) is 4.29. The van der Waals surface area contributed by atoms with E-state index in [9.17, 15) is 19.7 Å². The lowest BCUT2D eigenvalue weighted by Gasteiger charge is -2.11. The SMILES string of the molecule is C=CCn1c(=O)c2ccccc2n2c(SCC(=O)Nc3cc(OC)c([N+](=O)[O-])cc3C)nnc12. The van der Waals surface area contributed by atoms with Crippen molar-refractivity contribution in [1.82, 2.24) is 19.2 Å². The van der Waals surface area contributed by atoms with Gasteiger partial charge in [-0.25, -0.2) is 0 Å². The molecule has 0 aliphatic rings. The van der Waals surface area contributed by atoms with Crippen LogP contribution < -0.4 is 15.6 Å². The van der Waals surface area contributed by atoms with E-state index in [0.29, 0.717) is 33.1 Å². The number of nitro groups is 1. The van der Waals surface area contributed by atoms with Crippen molar-refractivity contribution in [2.75, 3.05) is 18.2 Å². The molecule has 1 N–H and O–H groups in total. The standard InChI is InChI=1S/C22H20N6O5S/c1-4-9-26-20(30)14-7-5-6-8-16(14)27-21(26)24-25-22(27)34-12-19(29)23-15-11-18(33-3)17(28(31)32)10-13(15)2/h4-8,10-11H,1,9,12H2,2-3H3,(H,23,29). The largest absolute Gasteiger partial charge is 0.490 e. The van der Waals surface area contributed by atoms with Crippen LogP contribution in [0.4, 0.5) is 11.4 Å². The van der Waals surface area contributed by atoms with Crippen LogP contribution in [-0.2, 0) is 11.3 Å². The lowest BCUT2D eigenvalue weighted by atomic mass is 10.1. The van der Waals surface area contributed by atoms with Crippen LogP contribution in [0.5, 0.6) is 5.75 Å². The van der Waals surface area contributed by atoms with E-state index in [1.165, 1.54) is 23.8 Å². The number of fused-ring (bicyclic) bond motifs is 3. The van der Waals surface area contributed by atoms with Crippen LogP contribution in [0.2, 0.25) is 0 Å². The van der Waals surface area contributed by atoms with Crippen molar-refractivity contribution in [2.45, 2.75) is 18.6 Å². The third kappa shape index (κ3) is 4.10. The number of carbonyl (C=O) groups excluding carboxylic acids is 1. The number of carbonyl (C=O) groups is 1. The fourth-order valence-electron chi connectivity index (χ4n) is 3.55. The molecule has 0 aliphatic carbocycles. The molecule has 11 nitrogen and oxygen atoms in total. The van der Waals surface area contributed by atoms with Gasteiger partial charge in [-0.3, -0.25) is 28.7 Å². The van der Waals surface area contributed by atoms with Crippen LogP contribution in [0.25, 0.3) is 16.7 Å². The summed E-state index contributed by atoms with van der Waals surface area (Å²) >= 11 is 1.15. The summed E-state index contributed by atoms with van der Waals surface area (Å²) in [5.74, 6) is 0.0506. The van der Waals surface area contributed by atoms with E-state index < -0.39 is 4.92 Å². The second-order valence-corrected chi connectivity index (χ2v) is 8.22. The van der Waals surface area contributed by atoms with E-state index in [-0.39, 0.29) is 35.2 Å². The van der Waals surface area contributed by atoms with E-state index >= 15 is 0 Å². The van der Waals surface area contributed by atoms with Crippen molar-refractivity contribution in [3.8, 4) is 5.75 Å². The Kier molecular flexibility index (Phi) is 6.32. The highest BCUT2D eigenvalue weighted by molar-refractivity contribution is 7.99. The molecule has 174 valence electrons. The molecule has 0 saturated carbocycles. The number of hydrogen-bond donors (Lipinski definition) is 1. The van der Waals surface area contributed by atoms with E-state index in [2.05, 4.69) is 22.1 Å². The highest BCUT2D eigenvalue weighted by Crippen LogP contribution is 2.33. The molecule has 0 spiro atoms. The van der Waals surface area contributed by atoms with Crippen LogP contribution in [0.1, 0.15) is 5.56 Å². The summed E-state index contributed by atoms with van der Waals surface area (Å²) in [6, 6.07) is 9.87. The van der Waals surface area contributed by atoms with E-state index in [1.807, 2.05) is 6.07 Å². The first kappa shape index (κ1) is 23.0. The molecule has 0 fully saturated rings. The average Bonchev–Trinajstić information content (AvgIpc) is 3.25. The maximum atomic E-state index is 12.9. The zero-order valence-electron chi connectivity index (χ0n) is 18.3. The zero-order valence-corrected chi connectivity index (χ0v) is 19.2. The molecule has 2 heterocycles. The number of nitrogens with one attached hydrogen (secondary N) is 1. The Bertz CT molecular complexity index is 1510. The fraction of sp³-hybridized carbons (Fsp3) is 0.182. The van der Waals surface area contributed by atoms with Gasteiger partial charge in [0.2, 0.25) is 11.7 Å². The predicted octanol–water partition coefficient (Wildman–Crippen LogP) is 3.19. The first-order valence-electron chi connectivity index (χ1n) is 10.1. The monoisotopic (exact) mass is 480 g/mol. The molecule has 2 aromatic heterocycles. The number of para-hydroxylation sites is 1. The number of aromatic nitrogens is 4. The van der Waals surface area contributed by atoms with Crippen LogP contribution >= 0.6 is 11.8 Å². The second-order valence-electron chi connectivity index (χ2n) is 7.27. The normalized spacial score (nSPS) is 11.0. The Morgan fingerprint density at radius 2 is 2.09 bits per heavy atom. The minimum Gasteiger partial charge on any atom is -0.490 e. The van der Waals surface area contributed by atoms with E-state index in [0.717, 1.165) is 11.8 Å². The van der Waals surface area contributed by atoms with Crippen molar-refractivity contribution >= 4 is 45.7 Å². The van der Waals surface area contributed by atoms with Crippen molar-refractivity contribution in [1.29, 1.82) is 0 Å². The highest BCUT2D eigenvalue weighted by atomic mass is 32.2. The van der Waals surface area contributed by atoms with Crippen molar-refractivity contribution in [3.63, 3.8) is 0 Å². The molecule has 4 rings (SSSR count). The molecule has 0 aliphatic heterocycles. The Labute approximate surface area is 197 Å². The summed E-state index contributed by atoms with van der Waals surface area (Å²) in [4.78, 5) is 36.2. The molecule has 0 saturated heterocycles. The summed E-state index contributed by atoms with van der Waals surface area (Å²) in [5, 5.41) is 23.2. The van der Waals surface area contributed by atoms with Crippen LogP contribution in [0.3, 0.4) is 0 Å². The van der Waals surface area contributed by atoms with Crippen molar-refractivity contribution in [2.24, 2.45) is 0 Å². The third-order valence-electron chi connectivity index (χ3n) is 5.12. The number of rotatable bonds is 8. The van der Waals surface area contributed by atoms with Crippen molar-refractivity contribution < 1.29 is 14.5 Å². The molecule has 34 heavy (non-hydrogen) atoms. The number of nitro benzene ring substituents is 1. The third-order valence-corrected chi connectivity index (χ3v) is 6.05. The molecule has 0 bridgehead atoms. The Morgan fingerprint density at radius 1 is 1.32 bits per heavy atom. The first-order chi connectivity index (χ1) is 16.3. The average molecular weight is 481 g/mol. The van der Waals surface area contributed by atoms with Gasteiger partial charge in [0.15, 0.2) is 10.9 Å². The Balaban J connectivity index is 1.62. The molecule has 2 aromatic carbocycles. The maximum absolute atomic E-state index is 12.9. The number of benzene rings is 2.